The van der Waals surface area contributed by atoms with Crippen molar-refractivity contribution in [1.29, 1.82) is 0 Å². The lowest BCUT2D eigenvalue weighted by Gasteiger charge is -2.36. The molecule has 1 N–H and O–H groups in total. The Labute approximate surface area is 148 Å². The first-order chi connectivity index (χ1) is 12.2. The van der Waals surface area contributed by atoms with Crippen LogP contribution < -0.4 is 5.32 Å². The van der Waals surface area contributed by atoms with Gasteiger partial charge in [0.1, 0.15) is 0 Å². The van der Waals surface area contributed by atoms with Gasteiger partial charge in [0.2, 0.25) is 0 Å². The Kier molecular flexibility index (Phi) is 5.71. The molecule has 0 atom stereocenters. The number of amides is 2. The molecule has 2 saturated heterocycles. The maximum absolute atomic E-state index is 11.8. The van der Waals surface area contributed by atoms with Crippen molar-refractivity contribution in [1.82, 2.24) is 15.1 Å². The van der Waals surface area contributed by atoms with E-state index in [1.54, 1.807) is 6.08 Å². The molecule has 0 saturated carbocycles. The van der Waals surface area contributed by atoms with Crippen LogP contribution in [0.4, 0.5) is 4.79 Å². The Morgan fingerprint density at radius 2 is 1.96 bits per heavy atom. The minimum Gasteiger partial charge on any atom is -0.466 e. The Balaban J connectivity index is 1.48. The number of urea groups is 1. The summed E-state index contributed by atoms with van der Waals surface area (Å²) in [5.74, 6) is -0.348. The number of nitrogens with one attached hydrogen (secondary N) is 1. The summed E-state index contributed by atoms with van der Waals surface area (Å²) >= 11 is 0. The summed E-state index contributed by atoms with van der Waals surface area (Å²) in [5, 5.41) is 2.88. The second-order valence-electron chi connectivity index (χ2n) is 6.53. The number of esters is 1. The Morgan fingerprint density at radius 1 is 1.24 bits per heavy atom. The monoisotopic (exact) mass is 343 g/mol. The number of hydrogen-bond acceptors (Lipinski definition) is 4. The lowest BCUT2D eigenvalue weighted by molar-refractivity contribution is -0.134. The number of carbonyl (C=O) groups excluding carboxylic acids is 2. The normalized spacial score (nSPS) is 19.4. The minimum absolute atomic E-state index is 0.0917. The highest BCUT2D eigenvalue weighted by Gasteiger charge is 2.30. The number of rotatable bonds is 5. The first-order valence-electron chi connectivity index (χ1n) is 8.77. The maximum Gasteiger partial charge on any atom is 0.330 e. The van der Waals surface area contributed by atoms with Crippen LogP contribution in [-0.2, 0) is 16.1 Å². The minimum atomic E-state index is -0.348. The van der Waals surface area contributed by atoms with Crippen LogP contribution in [0.2, 0.25) is 0 Å². The summed E-state index contributed by atoms with van der Waals surface area (Å²) in [5.41, 5.74) is 2.24. The molecule has 25 heavy (non-hydrogen) atoms. The van der Waals surface area contributed by atoms with Crippen LogP contribution in [-0.4, -0.2) is 61.1 Å². The lowest BCUT2D eigenvalue weighted by Crippen LogP contribution is -2.45. The van der Waals surface area contributed by atoms with E-state index in [4.69, 9.17) is 0 Å². The van der Waals surface area contributed by atoms with Gasteiger partial charge >= 0.3 is 12.0 Å². The molecule has 0 spiro atoms. The second kappa shape index (κ2) is 8.16. The van der Waals surface area contributed by atoms with Crippen molar-refractivity contribution in [2.45, 2.75) is 25.4 Å². The fourth-order valence-electron chi connectivity index (χ4n) is 3.45. The Bertz CT molecular complexity index is 634. The van der Waals surface area contributed by atoms with E-state index in [9.17, 15) is 9.59 Å². The third-order valence-corrected chi connectivity index (χ3v) is 4.89. The maximum atomic E-state index is 11.8. The van der Waals surface area contributed by atoms with Crippen molar-refractivity contribution in [2.75, 3.05) is 33.3 Å². The van der Waals surface area contributed by atoms with Crippen LogP contribution in [0.15, 0.2) is 30.3 Å². The molecule has 6 nitrogen and oxygen atoms in total. The molecule has 2 aliphatic rings. The summed E-state index contributed by atoms with van der Waals surface area (Å²) in [6, 6.07) is 8.68. The first-order valence-corrected chi connectivity index (χ1v) is 8.77. The molecule has 1 aromatic carbocycles. The van der Waals surface area contributed by atoms with Crippen molar-refractivity contribution in [2.24, 2.45) is 0 Å². The Hall–Kier alpha value is -2.34. The van der Waals surface area contributed by atoms with Gasteiger partial charge in [0.15, 0.2) is 0 Å². The zero-order valence-electron chi connectivity index (χ0n) is 14.6. The molecule has 2 amide bonds. The van der Waals surface area contributed by atoms with Gasteiger partial charge in [-0.1, -0.05) is 24.3 Å². The summed E-state index contributed by atoms with van der Waals surface area (Å²) in [6.07, 6.45) is 5.25. The van der Waals surface area contributed by atoms with Gasteiger partial charge in [0.05, 0.1) is 7.11 Å². The van der Waals surface area contributed by atoms with Crippen molar-refractivity contribution in [3.63, 3.8) is 0 Å². The van der Waals surface area contributed by atoms with Crippen molar-refractivity contribution in [3.8, 4) is 0 Å². The third-order valence-electron chi connectivity index (χ3n) is 4.89. The molecule has 0 unspecified atom stereocenters. The number of ether oxygens (including phenoxy) is 1. The SMILES string of the molecule is COC(=O)C=Cc1ccc(CN2CCC(N3CCNC3=O)CC2)cc1. The van der Waals surface area contributed by atoms with Gasteiger partial charge < -0.3 is 15.0 Å². The van der Waals surface area contributed by atoms with E-state index in [0.717, 1.165) is 51.1 Å². The average molecular weight is 343 g/mol. The Morgan fingerprint density at radius 3 is 2.56 bits per heavy atom. The molecule has 3 rings (SSSR count). The zero-order chi connectivity index (χ0) is 17.6. The summed E-state index contributed by atoms with van der Waals surface area (Å²) < 4.78 is 4.59. The van der Waals surface area contributed by atoms with Gasteiger partial charge in [-0.25, -0.2) is 9.59 Å². The molecular weight excluding hydrogens is 318 g/mol. The second-order valence-corrected chi connectivity index (χ2v) is 6.53. The van der Waals surface area contributed by atoms with Crippen LogP contribution in [0.5, 0.6) is 0 Å². The van der Waals surface area contributed by atoms with E-state index < -0.39 is 0 Å². The molecular formula is C19H25N3O3. The molecule has 0 radical (unpaired) electrons. The zero-order valence-corrected chi connectivity index (χ0v) is 14.6. The molecule has 134 valence electrons. The summed E-state index contributed by atoms with van der Waals surface area (Å²) in [4.78, 5) is 27.3. The van der Waals surface area contributed by atoms with E-state index in [1.807, 2.05) is 17.0 Å². The topological polar surface area (TPSA) is 61.9 Å². The van der Waals surface area contributed by atoms with E-state index in [-0.39, 0.29) is 12.0 Å². The molecule has 2 fully saturated rings. The standard InChI is InChI=1S/C19H25N3O3/c1-25-18(23)7-6-15-2-4-16(5-3-15)14-21-11-8-17(9-12-21)22-13-10-20-19(22)24/h2-7,17H,8-14H2,1H3,(H,20,24). The predicted molar refractivity (Wildman–Crippen MR) is 95.9 cm³/mol. The molecule has 2 heterocycles. The van der Waals surface area contributed by atoms with Crippen LogP contribution in [0.1, 0.15) is 24.0 Å². The van der Waals surface area contributed by atoms with Gasteiger partial charge in [-0.3, -0.25) is 4.90 Å². The summed E-state index contributed by atoms with van der Waals surface area (Å²) in [6.45, 7) is 4.55. The predicted octanol–water partition coefficient (Wildman–Crippen LogP) is 1.86. The number of likely N-dealkylation sites (tertiary alicyclic amines) is 1. The highest BCUT2D eigenvalue weighted by molar-refractivity contribution is 5.86. The van der Waals surface area contributed by atoms with Gasteiger partial charge in [-0.05, 0) is 30.0 Å². The van der Waals surface area contributed by atoms with Gasteiger partial charge in [0, 0.05) is 44.8 Å². The fourth-order valence-corrected chi connectivity index (χ4v) is 3.45. The number of piperidine rings is 1. The van der Waals surface area contributed by atoms with E-state index in [1.165, 1.54) is 18.7 Å². The summed E-state index contributed by atoms with van der Waals surface area (Å²) in [7, 11) is 1.37. The van der Waals surface area contributed by atoms with Gasteiger partial charge in [0.25, 0.3) is 0 Å². The highest BCUT2D eigenvalue weighted by atomic mass is 16.5. The average Bonchev–Trinajstić information content (AvgIpc) is 3.07. The lowest BCUT2D eigenvalue weighted by atomic mass is 10.0. The van der Waals surface area contributed by atoms with Gasteiger partial charge in [-0.15, -0.1) is 0 Å². The van der Waals surface area contributed by atoms with Crippen molar-refractivity contribution >= 4 is 18.1 Å². The number of nitrogens with zero attached hydrogens (tertiary/aromatic N) is 2. The molecule has 0 aromatic heterocycles. The fraction of sp³-hybridized carbons (Fsp3) is 0.474. The highest BCUT2D eigenvalue weighted by Crippen LogP contribution is 2.20. The quantitative estimate of drug-likeness (QED) is 0.655. The smallest absolute Gasteiger partial charge is 0.330 e. The third kappa shape index (κ3) is 4.60. The molecule has 6 heteroatoms. The first kappa shape index (κ1) is 17.5. The largest absolute Gasteiger partial charge is 0.466 e. The number of methoxy groups -OCH3 is 1. The number of benzene rings is 1. The number of carbonyl (C=O) groups is 2. The van der Waals surface area contributed by atoms with Crippen LogP contribution in [0.3, 0.4) is 0 Å². The molecule has 1 aromatic rings. The van der Waals surface area contributed by atoms with Crippen LogP contribution in [0, 0.1) is 0 Å². The van der Waals surface area contributed by atoms with E-state index in [2.05, 4.69) is 27.1 Å². The van der Waals surface area contributed by atoms with Crippen LogP contribution >= 0.6 is 0 Å². The number of hydrogen-bond donors (Lipinski definition) is 1. The molecule has 2 aliphatic heterocycles. The van der Waals surface area contributed by atoms with Crippen molar-refractivity contribution in [3.05, 3.63) is 41.5 Å². The van der Waals surface area contributed by atoms with E-state index in [0.29, 0.717) is 6.04 Å². The molecule has 0 aliphatic carbocycles. The van der Waals surface area contributed by atoms with E-state index >= 15 is 0 Å². The van der Waals surface area contributed by atoms with Crippen LogP contribution in [0.25, 0.3) is 6.08 Å². The van der Waals surface area contributed by atoms with Gasteiger partial charge in [-0.2, -0.15) is 0 Å². The van der Waals surface area contributed by atoms with Crippen molar-refractivity contribution < 1.29 is 14.3 Å². The molecule has 0 bridgehead atoms.